The van der Waals surface area contributed by atoms with Crippen LogP contribution in [0.5, 0.6) is 0 Å². The number of nitrogens with zero attached hydrogens (tertiary/aromatic N) is 1. The van der Waals surface area contributed by atoms with Gasteiger partial charge in [0.25, 0.3) is 15.7 Å². The van der Waals surface area contributed by atoms with E-state index in [0.717, 1.165) is 0 Å². The second kappa shape index (κ2) is 7.10. The molecule has 22 heavy (non-hydrogen) atoms. The van der Waals surface area contributed by atoms with Gasteiger partial charge in [-0.25, -0.2) is 8.42 Å². The van der Waals surface area contributed by atoms with Crippen molar-refractivity contribution >= 4 is 27.1 Å². The second-order valence-electron chi connectivity index (χ2n) is 4.43. The molecule has 9 heteroatoms. The molecule has 110 valence electrons. The SMILES string of the molecule is Cc1ccc([N+](=O)[O-])cc1NS(=O)(=O)c1ccc(N)cc1.[Na+]. The first-order valence-corrected chi connectivity index (χ1v) is 7.41. The van der Waals surface area contributed by atoms with Crippen molar-refractivity contribution < 1.29 is 42.9 Å². The van der Waals surface area contributed by atoms with E-state index < -0.39 is 14.9 Å². The minimum Gasteiger partial charge on any atom is -0.399 e. The third-order valence-corrected chi connectivity index (χ3v) is 4.25. The van der Waals surface area contributed by atoms with Crippen molar-refractivity contribution in [1.29, 1.82) is 0 Å². The van der Waals surface area contributed by atoms with Crippen LogP contribution in [0, 0.1) is 17.0 Å². The molecule has 0 saturated heterocycles. The van der Waals surface area contributed by atoms with E-state index >= 15 is 0 Å². The van der Waals surface area contributed by atoms with E-state index in [2.05, 4.69) is 4.72 Å². The monoisotopic (exact) mass is 330 g/mol. The Kier molecular flexibility index (Phi) is 5.95. The fraction of sp³-hybridized carbons (Fsp3) is 0.0769. The zero-order valence-corrected chi connectivity index (χ0v) is 14.9. The summed E-state index contributed by atoms with van der Waals surface area (Å²) in [5, 5.41) is 10.8. The van der Waals surface area contributed by atoms with Gasteiger partial charge in [-0.2, -0.15) is 0 Å². The molecule has 0 aliphatic carbocycles. The number of nitro benzene ring substituents is 1. The molecular formula is C13H13N3NaO4S+. The summed E-state index contributed by atoms with van der Waals surface area (Å²) >= 11 is 0. The zero-order valence-electron chi connectivity index (χ0n) is 12.1. The normalized spacial score (nSPS) is 10.6. The molecule has 0 bridgehead atoms. The molecule has 0 aromatic heterocycles. The summed E-state index contributed by atoms with van der Waals surface area (Å²) in [5.74, 6) is 0. The summed E-state index contributed by atoms with van der Waals surface area (Å²) < 4.78 is 26.8. The molecule has 0 fully saturated rings. The summed E-state index contributed by atoms with van der Waals surface area (Å²) in [4.78, 5) is 10.2. The number of hydrogen-bond acceptors (Lipinski definition) is 5. The van der Waals surface area contributed by atoms with E-state index in [-0.39, 0.29) is 45.8 Å². The largest absolute Gasteiger partial charge is 1.00 e. The molecule has 0 amide bonds. The topological polar surface area (TPSA) is 115 Å². The summed E-state index contributed by atoms with van der Waals surface area (Å²) in [6.45, 7) is 1.66. The van der Waals surface area contributed by atoms with E-state index in [9.17, 15) is 18.5 Å². The Balaban J connectivity index is 0.00000242. The number of nitrogens with two attached hydrogens (primary N) is 1. The van der Waals surface area contributed by atoms with Gasteiger partial charge in [-0.15, -0.1) is 0 Å². The number of nitrogen functional groups attached to an aromatic ring is 1. The number of anilines is 2. The molecule has 0 radical (unpaired) electrons. The first-order chi connectivity index (χ1) is 9.79. The molecule has 0 unspecified atom stereocenters. The van der Waals surface area contributed by atoms with Gasteiger partial charge in [0, 0.05) is 17.8 Å². The molecule has 2 aromatic rings. The molecule has 7 nitrogen and oxygen atoms in total. The van der Waals surface area contributed by atoms with Crippen molar-refractivity contribution in [3.63, 3.8) is 0 Å². The van der Waals surface area contributed by atoms with Crippen molar-refractivity contribution in [1.82, 2.24) is 0 Å². The van der Waals surface area contributed by atoms with Crippen LogP contribution in [0.2, 0.25) is 0 Å². The van der Waals surface area contributed by atoms with Gasteiger partial charge in [-0.1, -0.05) is 6.07 Å². The van der Waals surface area contributed by atoms with E-state index in [1.165, 1.54) is 42.5 Å². The third kappa shape index (κ3) is 4.20. The zero-order chi connectivity index (χ0) is 15.6. The van der Waals surface area contributed by atoms with Gasteiger partial charge in [-0.05, 0) is 36.8 Å². The average Bonchev–Trinajstić information content (AvgIpc) is 2.41. The Bertz CT molecular complexity index is 791. The van der Waals surface area contributed by atoms with Crippen LogP contribution in [0.4, 0.5) is 17.1 Å². The molecular weight excluding hydrogens is 317 g/mol. The van der Waals surface area contributed by atoms with Crippen molar-refractivity contribution in [3.05, 3.63) is 58.1 Å². The Morgan fingerprint density at radius 1 is 1.14 bits per heavy atom. The van der Waals surface area contributed by atoms with Gasteiger partial charge >= 0.3 is 29.6 Å². The summed E-state index contributed by atoms with van der Waals surface area (Å²) in [6, 6.07) is 9.65. The van der Waals surface area contributed by atoms with Crippen LogP contribution >= 0.6 is 0 Å². The summed E-state index contributed by atoms with van der Waals surface area (Å²) in [6.07, 6.45) is 0. The molecule has 0 saturated carbocycles. The summed E-state index contributed by atoms with van der Waals surface area (Å²) in [5.41, 5.74) is 6.52. The molecule has 0 spiro atoms. The van der Waals surface area contributed by atoms with Crippen LogP contribution in [0.25, 0.3) is 0 Å². The van der Waals surface area contributed by atoms with Gasteiger partial charge in [0.05, 0.1) is 15.5 Å². The molecule has 2 rings (SSSR count). The van der Waals surface area contributed by atoms with Crippen molar-refractivity contribution in [2.75, 3.05) is 10.5 Å². The number of aryl methyl sites for hydroxylation is 1. The number of nitrogens with one attached hydrogen (secondary N) is 1. The average molecular weight is 330 g/mol. The van der Waals surface area contributed by atoms with Crippen LogP contribution < -0.4 is 40.0 Å². The van der Waals surface area contributed by atoms with Gasteiger partial charge in [-0.3, -0.25) is 14.8 Å². The molecule has 0 aliphatic heterocycles. The molecule has 3 N–H and O–H groups in total. The molecule has 2 aromatic carbocycles. The smallest absolute Gasteiger partial charge is 0.399 e. The maximum absolute atomic E-state index is 12.2. The molecule has 0 atom stereocenters. The van der Waals surface area contributed by atoms with Gasteiger partial charge in [0.2, 0.25) is 0 Å². The fourth-order valence-electron chi connectivity index (χ4n) is 1.68. The van der Waals surface area contributed by atoms with E-state index in [1.54, 1.807) is 6.92 Å². The molecule has 0 heterocycles. The van der Waals surface area contributed by atoms with Crippen LogP contribution in [-0.4, -0.2) is 13.3 Å². The van der Waals surface area contributed by atoms with Gasteiger partial charge < -0.3 is 5.73 Å². The van der Waals surface area contributed by atoms with Crippen LogP contribution in [-0.2, 0) is 10.0 Å². The maximum Gasteiger partial charge on any atom is 1.00 e. The summed E-state index contributed by atoms with van der Waals surface area (Å²) in [7, 11) is -3.82. The van der Waals surface area contributed by atoms with E-state index in [1.807, 2.05) is 0 Å². The maximum atomic E-state index is 12.2. The third-order valence-electron chi connectivity index (χ3n) is 2.87. The Morgan fingerprint density at radius 2 is 1.73 bits per heavy atom. The van der Waals surface area contributed by atoms with Crippen molar-refractivity contribution in [3.8, 4) is 0 Å². The van der Waals surface area contributed by atoms with Crippen LogP contribution in [0.15, 0.2) is 47.4 Å². The Labute approximate surface area is 150 Å². The Hall–Kier alpha value is -1.61. The minimum absolute atomic E-state index is 0. The van der Waals surface area contributed by atoms with Crippen LogP contribution in [0.1, 0.15) is 5.56 Å². The van der Waals surface area contributed by atoms with E-state index in [4.69, 9.17) is 5.73 Å². The van der Waals surface area contributed by atoms with E-state index in [0.29, 0.717) is 11.3 Å². The Morgan fingerprint density at radius 3 is 2.27 bits per heavy atom. The number of rotatable bonds is 4. The number of nitro groups is 1. The first-order valence-electron chi connectivity index (χ1n) is 5.93. The second-order valence-corrected chi connectivity index (χ2v) is 6.11. The minimum atomic E-state index is -3.82. The number of sulfonamides is 1. The standard InChI is InChI=1S/C13H13N3O4S.Na/c1-9-2-5-11(16(17)18)8-13(9)15-21(19,20)12-6-3-10(14)4-7-12;/h2-8,15H,14H2,1H3;/q;+1. The number of non-ortho nitro benzene ring substituents is 1. The first kappa shape index (κ1) is 18.4. The fourth-order valence-corrected chi connectivity index (χ4v) is 2.81. The predicted molar refractivity (Wildman–Crippen MR) is 79.5 cm³/mol. The number of benzene rings is 2. The quantitative estimate of drug-likeness (QED) is 0.333. The molecule has 0 aliphatic rings. The number of hydrogen-bond donors (Lipinski definition) is 2. The van der Waals surface area contributed by atoms with Gasteiger partial charge in [0.1, 0.15) is 0 Å². The van der Waals surface area contributed by atoms with Gasteiger partial charge in [0.15, 0.2) is 0 Å². The van der Waals surface area contributed by atoms with Crippen molar-refractivity contribution in [2.24, 2.45) is 0 Å². The van der Waals surface area contributed by atoms with Crippen LogP contribution in [0.3, 0.4) is 0 Å². The van der Waals surface area contributed by atoms with Crippen molar-refractivity contribution in [2.45, 2.75) is 11.8 Å². The predicted octanol–water partition coefficient (Wildman–Crippen LogP) is -0.710.